The summed E-state index contributed by atoms with van der Waals surface area (Å²) in [6.07, 6.45) is 0. The first-order chi connectivity index (χ1) is 15.9. The van der Waals surface area contributed by atoms with E-state index in [4.69, 9.17) is 9.26 Å². The van der Waals surface area contributed by atoms with Gasteiger partial charge in [-0.25, -0.2) is 8.42 Å². The number of nitrogens with one attached hydrogen (secondary N) is 2. The molecule has 1 aromatic heterocycles. The van der Waals surface area contributed by atoms with E-state index in [1.807, 2.05) is 42.5 Å². The smallest absolute Gasteiger partial charge is 0.263 e. The zero-order valence-electron chi connectivity index (χ0n) is 17.7. The summed E-state index contributed by atoms with van der Waals surface area (Å²) in [4.78, 5) is 12.2. The third kappa shape index (κ3) is 5.78. The van der Waals surface area contributed by atoms with Crippen molar-refractivity contribution in [1.82, 2.24) is 5.16 Å². The first-order valence-corrected chi connectivity index (χ1v) is 11.5. The Kier molecular flexibility index (Phi) is 6.41. The summed E-state index contributed by atoms with van der Waals surface area (Å²) >= 11 is 0. The van der Waals surface area contributed by atoms with Gasteiger partial charge in [0.1, 0.15) is 11.5 Å². The number of sulfonamides is 1. The van der Waals surface area contributed by atoms with Crippen LogP contribution in [0.3, 0.4) is 0 Å². The van der Waals surface area contributed by atoms with Crippen LogP contribution in [0, 0.1) is 6.92 Å². The van der Waals surface area contributed by atoms with Gasteiger partial charge in [-0.1, -0.05) is 47.6 Å². The highest BCUT2D eigenvalue weighted by Gasteiger charge is 2.16. The second kappa shape index (κ2) is 9.58. The highest BCUT2D eigenvalue weighted by atomic mass is 32.2. The number of aromatic nitrogens is 1. The predicted molar refractivity (Wildman–Crippen MR) is 124 cm³/mol. The van der Waals surface area contributed by atoms with Crippen molar-refractivity contribution >= 4 is 27.4 Å². The maximum Gasteiger partial charge on any atom is 0.263 e. The Bertz CT molecular complexity index is 1330. The van der Waals surface area contributed by atoms with Gasteiger partial charge in [-0.15, -0.1) is 0 Å². The lowest BCUT2D eigenvalue weighted by Gasteiger charge is -2.09. The zero-order chi connectivity index (χ0) is 23.3. The Morgan fingerprint density at radius 2 is 1.61 bits per heavy atom. The number of aryl methyl sites for hydroxylation is 1. The minimum atomic E-state index is -3.83. The quantitative estimate of drug-likeness (QED) is 0.399. The van der Waals surface area contributed by atoms with Gasteiger partial charge in [-0.05, 0) is 54.4 Å². The maximum atomic E-state index is 12.4. The summed E-state index contributed by atoms with van der Waals surface area (Å²) in [7, 11) is -3.83. The molecule has 0 saturated heterocycles. The largest absolute Gasteiger partial charge is 0.484 e. The molecule has 33 heavy (non-hydrogen) atoms. The van der Waals surface area contributed by atoms with Gasteiger partial charge in [-0.2, -0.15) is 0 Å². The first kappa shape index (κ1) is 22.1. The molecule has 0 radical (unpaired) electrons. The van der Waals surface area contributed by atoms with E-state index in [0.29, 0.717) is 17.2 Å². The highest BCUT2D eigenvalue weighted by molar-refractivity contribution is 7.92. The molecule has 1 heterocycles. The molecule has 1 amide bonds. The summed E-state index contributed by atoms with van der Waals surface area (Å²) in [5, 5.41) is 6.29. The molecule has 0 aliphatic heterocycles. The van der Waals surface area contributed by atoms with E-state index in [2.05, 4.69) is 15.2 Å². The molecule has 168 valence electrons. The van der Waals surface area contributed by atoms with Gasteiger partial charge in [-0.3, -0.25) is 9.52 Å². The molecule has 0 atom stereocenters. The fraction of sp³-hybridized carbons (Fsp3) is 0.0833. The summed E-state index contributed by atoms with van der Waals surface area (Å²) in [6, 6.07) is 24.6. The molecule has 0 spiro atoms. The number of ether oxygens (including phenoxy) is 1. The highest BCUT2D eigenvalue weighted by Crippen LogP contribution is 2.22. The number of anilines is 2. The van der Waals surface area contributed by atoms with Crippen LogP contribution in [-0.4, -0.2) is 26.1 Å². The molecule has 3 aromatic carbocycles. The molecular formula is C24H21N3O5S. The third-order valence-electron chi connectivity index (χ3n) is 4.65. The lowest BCUT2D eigenvalue weighted by Crippen LogP contribution is -2.20. The van der Waals surface area contributed by atoms with Gasteiger partial charge in [0, 0.05) is 11.8 Å². The molecule has 8 nitrogen and oxygen atoms in total. The van der Waals surface area contributed by atoms with Crippen LogP contribution in [0.1, 0.15) is 5.76 Å². The molecule has 0 aliphatic rings. The molecule has 0 unspecified atom stereocenters. The number of hydrogen-bond acceptors (Lipinski definition) is 6. The zero-order valence-corrected chi connectivity index (χ0v) is 18.5. The van der Waals surface area contributed by atoms with Crippen LogP contribution in [0.5, 0.6) is 5.75 Å². The molecule has 0 fully saturated rings. The van der Waals surface area contributed by atoms with Crippen molar-refractivity contribution in [2.24, 2.45) is 0 Å². The number of amides is 1. The van der Waals surface area contributed by atoms with Gasteiger partial charge in [0.15, 0.2) is 12.4 Å². The molecule has 0 aliphatic carbocycles. The molecule has 2 N–H and O–H groups in total. The summed E-state index contributed by atoms with van der Waals surface area (Å²) in [5.41, 5.74) is 2.59. The normalized spacial score (nSPS) is 11.1. The van der Waals surface area contributed by atoms with E-state index in [1.165, 1.54) is 30.3 Å². The number of benzene rings is 3. The lowest BCUT2D eigenvalue weighted by molar-refractivity contribution is -0.118. The average molecular weight is 464 g/mol. The van der Waals surface area contributed by atoms with Crippen LogP contribution < -0.4 is 14.8 Å². The van der Waals surface area contributed by atoms with Crippen LogP contribution in [0.15, 0.2) is 94.3 Å². The van der Waals surface area contributed by atoms with Crippen molar-refractivity contribution in [3.8, 4) is 16.9 Å². The van der Waals surface area contributed by atoms with E-state index in [-0.39, 0.29) is 23.2 Å². The molecule has 4 rings (SSSR count). The SMILES string of the molecule is Cc1cc(NS(=O)(=O)c2ccc(NC(=O)COc3ccc(-c4ccccc4)cc3)cc2)no1. The average Bonchev–Trinajstić information content (AvgIpc) is 3.22. The van der Waals surface area contributed by atoms with E-state index >= 15 is 0 Å². The summed E-state index contributed by atoms with van der Waals surface area (Å²) in [6.45, 7) is 1.48. The van der Waals surface area contributed by atoms with Crippen molar-refractivity contribution in [1.29, 1.82) is 0 Å². The Hall–Kier alpha value is -4.11. The second-order valence-corrected chi connectivity index (χ2v) is 8.86. The van der Waals surface area contributed by atoms with Gasteiger partial charge in [0.05, 0.1) is 4.90 Å². The molecule has 0 bridgehead atoms. The Morgan fingerprint density at radius 3 is 2.24 bits per heavy atom. The molecular weight excluding hydrogens is 442 g/mol. The number of rotatable bonds is 8. The van der Waals surface area contributed by atoms with E-state index in [1.54, 1.807) is 19.1 Å². The van der Waals surface area contributed by atoms with Crippen LogP contribution in [0.4, 0.5) is 11.5 Å². The van der Waals surface area contributed by atoms with Crippen molar-refractivity contribution < 1.29 is 22.5 Å². The first-order valence-electron chi connectivity index (χ1n) is 10.0. The van der Waals surface area contributed by atoms with Gasteiger partial charge >= 0.3 is 0 Å². The fourth-order valence-electron chi connectivity index (χ4n) is 3.05. The van der Waals surface area contributed by atoms with Crippen molar-refractivity contribution in [2.75, 3.05) is 16.6 Å². The molecule has 9 heteroatoms. The number of carbonyl (C=O) groups is 1. The van der Waals surface area contributed by atoms with Crippen LogP contribution >= 0.6 is 0 Å². The second-order valence-electron chi connectivity index (χ2n) is 7.18. The monoisotopic (exact) mass is 463 g/mol. The predicted octanol–water partition coefficient (Wildman–Crippen LogP) is 4.47. The van der Waals surface area contributed by atoms with Gasteiger partial charge in [0.25, 0.3) is 15.9 Å². The lowest BCUT2D eigenvalue weighted by atomic mass is 10.1. The fourth-order valence-corrected chi connectivity index (χ4v) is 4.03. The van der Waals surface area contributed by atoms with Crippen molar-refractivity contribution in [3.63, 3.8) is 0 Å². The third-order valence-corrected chi connectivity index (χ3v) is 6.02. The summed E-state index contributed by atoms with van der Waals surface area (Å²) in [5.74, 6) is 0.785. The van der Waals surface area contributed by atoms with E-state index < -0.39 is 10.0 Å². The van der Waals surface area contributed by atoms with Crippen LogP contribution in [-0.2, 0) is 14.8 Å². The molecule has 0 saturated carbocycles. The number of carbonyl (C=O) groups excluding carboxylic acids is 1. The standard InChI is InChI=1S/C24H21N3O5S/c1-17-15-23(26-32-17)27-33(29,30)22-13-9-20(10-14-22)25-24(28)16-31-21-11-7-19(8-12-21)18-5-3-2-4-6-18/h2-15H,16H2,1H3,(H,25,28)(H,26,27). The van der Waals surface area contributed by atoms with Crippen molar-refractivity contribution in [2.45, 2.75) is 11.8 Å². The minimum Gasteiger partial charge on any atom is -0.484 e. The number of hydrogen-bond donors (Lipinski definition) is 2. The van der Waals surface area contributed by atoms with Crippen LogP contribution in [0.2, 0.25) is 0 Å². The number of nitrogens with zero attached hydrogens (tertiary/aromatic N) is 1. The van der Waals surface area contributed by atoms with Gasteiger partial charge < -0.3 is 14.6 Å². The Labute approximate surface area is 191 Å². The van der Waals surface area contributed by atoms with E-state index in [0.717, 1.165) is 11.1 Å². The maximum absolute atomic E-state index is 12.4. The Balaban J connectivity index is 1.30. The van der Waals surface area contributed by atoms with Crippen LogP contribution in [0.25, 0.3) is 11.1 Å². The van der Waals surface area contributed by atoms with Crippen molar-refractivity contribution in [3.05, 3.63) is 90.7 Å². The Morgan fingerprint density at radius 1 is 0.939 bits per heavy atom. The minimum absolute atomic E-state index is 0.0240. The molecule has 4 aromatic rings. The van der Waals surface area contributed by atoms with E-state index in [9.17, 15) is 13.2 Å². The topological polar surface area (TPSA) is 111 Å². The summed E-state index contributed by atoms with van der Waals surface area (Å²) < 4.78 is 37.6. The van der Waals surface area contributed by atoms with Gasteiger partial charge in [0.2, 0.25) is 0 Å².